The predicted molar refractivity (Wildman–Crippen MR) is 78.2 cm³/mol. The van der Waals surface area contributed by atoms with Crippen LogP contribution < -0.4 is 4.74 Å². The van der Waals surface area contributed by atoms with Gasteiger partial charge >= 0.3 is 0 Å². The molecule has 22 heavy (non-hydrogen) atoms. The molecule has 1 rings (SSSR count). The second kappa shape index (κ2) is 9.75. The van der Waals surface area contributed by atoms with Crippen molar-refractivity contribution in [2.24, 2.45) is 0 Å². The van der Waals surface area contributed by atoms with Crippen LogP contribution in [0.3, 0.4) is 0 Å². The lowest BCUT2D eigenvalue weighted by Crippen LogP contribution is -2.12. The highest BCUT2D eigenvalue weighted by molar-refractivity contribution is 7.85. The molecule has 1 aromatic carbocycles. The molecule has 0 N–H and O–H groups in total. The molecule has 0 aliphatic carbocycles. The molecule has 0 aliphatic heterocycles. The largest absolute Gasteiger partial charge is 0.744 e. The van der Waals surface area contributed by atoms with Gasteiger partial charge in [0.1, 0.15) is 22.5 Å². The summed E-state index contributed by atoms with van der Waals surface area (Å²) >= 11 is 0. The minimum Gasteiger partial charge on any atom is -0.744 e. The number of hydrogen-bond acceptors (Lipinski definition) is 7. The second-order valence-electron chi connectivity index (χ2n) is 4.45. The Morgan fingerprint density at radius 1 is 1.00 bits per heavy atom. The molecule has 0 aliphatic rings. The molecule has 1 aromatic rings. The summed E-state index contributed by atoms with van der Waals surface area (Å²) in [4.78, 5) is -0.305. The monoisotopic (exact) mass is 333 g/mol. The van der Waals surface area contributed by atoms with E-state index in [9.17, 15) is 13.0 Å². The van der Waals surface area contributed by atoms with Crippen LogP contribution in [0.2, 0.25) is 0 Å². The third-order valence-corrected chi connectivity index (χ3v) is 3.57. The molecule has 0 heterocycles. The van der Waals surface area contributed by atoms with Crippen molar-refractivity contribution in [1.82, 2.24) is 0 Å². The van der Waals surface area contributed by atoms with Gasteiger partial charge in [-0.1, -0.05) is 6.07 Å². The maximum atomic E-state index is 11.0. The van der Waals surface area contributed by atoms with Gasteiger partial charge in [-0.05, 0) is 24.6 Å². The van der Waals surface area contributed by atoms with E-state index in [1.807, 2.05) is 0 Å². The summed E-state index contributed by atoms with van der Waals surface area (Å²) in [6.07, 6.45) is 0. The number of aryl methyl sites for hydroxylation is 1. The Morgan fingerprint density at radius 3 is 2.18 bits per heavy atom. The van der Waals surface area contributed by atoms with Gasteiger partial charge < -0.3 is 23.5 Å². The molecule has 0 saturated heterocycles. The molecule has 0 spiro atoms. The van der Waals surface area contributed by atoms with Gasteiger partial charge in [-0.25, -0.2) is 8.42 Å². The van der Waals surface area contributed by atoms with E-state index in [2.05, 4.69) is 0 Å². The summed E-state index contributed by atoms with van der Waals surface area (Å²) in [5.74, 6) is 0.358. The van der Waals surface area contributed by atoms with E-state index in [0.717, 1.165) is 5.56 Å². The smallest absolute Gasteiger partial charge is 0.124 e. The Balaban J connectivity index is 2.28. The zero-order chi connectivity index (χ0) is 16.4. The Labute approximate surface area is 130 Å². The van der Waals surface area contributed by atoms with Crippen LogP contribution in [0.25, 0.3) is 0 Å². The van der Waals surface area contributed by atoms with Gasteiger partial charge in [-0.2, -0.15) is 0 Å². The van der Waals surface area contributed by atoms with Crippen molar-refractivity contribution < 1.29 is 31.9 Å². The number of benzene rings is 1. The molecule has 8 heteroatoms. The molecule has 0 saturated carbocycles. The average molecular weight is 333 g/mol. The molecule has 7 nitrogen and oxygen atoms in total. The fourth-order valence-corrected chi connectivity index (χ4v) is 2.05. The van der Waals surface area contributed by atoms with E-state index in [-0.39, 0.29) is 11.5 Å². The molecule has 0 radical (unpaired) electrons. The Bertz CT molecular complexity index is 542. The lowest BCUT2D eigenvalue weighted by atomic mass is 10.2. The van der Waals surface area contributed by atoms with Crippen LogP contribution in [-0.2, 0) is 24.3 Å². The van der Waals surface area contributed by atoms with Gasteiger partial charge in [0, 0.05) is 7.11 Å². The van der Waals surface area contributed by atoms with E-state index in [4.69, 9.17) is 18.9 Å². The average Bonchev–Trinajstić information content (AvgIpc) is 2.46. The van der Waals surface area contributed by atoms with E-state index in [1.165, 1.54) is 18.2 Å². The summed E-state index contributed by atoms with van der Waals surface area (Å²) in [7, 11) is -2.88. The predicted octanol–water partition coefficient (Wildman–Crippen LogP) is 0.958. The lowest BCUT2D eigenvalue weighted by Gasteiger charge is -2.13. The molecular weight excluding hydrogens is 312 g/mol. The number of methoxy groups -OCH3 is 1. The number of ether oxygens (including phenoxy) is 4. The first-order valence-corrected chi connectivity index (χ1v) is 8.19. The van der Waals surface area contributed by atoms with Crippen LogP contribution in [0.4, 0.5) is 0 Å². The number of hydrogen-bond donors (Lipinski definition) is 0. The van der Waals surface area contributed by atoms with Gasteiger partial charge in [0.05, 0.1) is 37.9 Å². The van der Waals surface area contributed by atoms with Crippen molar-refractivity contribution in [2.75, 3.05) is 46.8 Å². The standard InChI is InChI=1S/C14H22O7S/c1-12-3-4-13(22(15,16)17)11-14(12)21-10-9-20-8-7-19-6-5-18-2/h3-4,11H,5-10H2,1-2H3,(H,15,16,17)/p-1. The molecule has 0 aromatic heterocycles. The van der Waals surface area contributed by atoms with Crippen molar-refractivity contribution in [1.29, 1.82) is 0 Å². The fraction of sp³-hybridized carbons (Fsp3) is 0.571. The zero-order valence-corrected chi connectivity index (χ0v) is 13.6. The van der Waals surface area contributed by atoms with Crippen molar-refractivity contribution >= 4 is 10.1 Å². The van der Waals surface area contributed by atoms with Crippen molar-refractivity contribution in [2.45, 2.75) is 11.8 Å². The maximum absolute atomic E-state index is 11.0. The normalized spacial score (nSPS) is 11.6. The van der Waals surface area contributed by atoms with Crippen LogP contribution >= 0.6 is 0 Å². The second-order valence-corrected chi connectivity index (χ2v) is 5.83. The minimum atomic E-state index is -4.48. The highest BCUT2D eigenvalue weighted by Gasteiger charge is 2.06. The molecule has 0 fully saturated rings. The third-order valence-electron chi connectivity index (χ3n) is 2.74. The fourth-order valence-electron chi connectivity index (χ4n) is 1.57. The Kier molecular flexibility index (Phi) is 8.36. The summed E-state index contributed by atoms with van der Waals surface area (Å²) in [6.45, 7) is 4.31. The first kappa shape index (κ1) is 18.9. The summed E-state index contributed by atoms with van der Waals surface area (Å²) in [5, 5.41) is 0. The lowest BCUT2D eigenvalue weighted by molar-refractivity contribution is 0.0179. The first-order valence-electron chi connectivity index (χ1n) is 6.79. The quantitative estimate of drug-likeness (QED) is 0.440. The third kappa shape index (κ3) is 7.19. The van der Waals surface area contributed by atoms with E-state index < -0.39 is 10.1 Å². The first-order chi connectivity index (χ1) is 10.4. The van der Waals surface area contributed by atoms with Gasteiger partial charge in [-0.15, -0.1) is 0 Å². The van der Waals surface area contributed by atoms with Crippen molar-refractivity contribution in [3.05, 3.63) is 23.8 Å². The Morgan fingerprint density at radius 2 is 1.59 bits per heavy atom. The van der Waals surface area contributed by atoms with Gasteiger partial charge in [0.15, 0.2) is 0 Å². The number of rotatable bonds is 11. The molecule has 126 valence electrons. The van der Waals surface area contributed by atoms with Crippen molar-refractivity contribution in [3.8, 4) is 5.75 Å². The molecular formula is C14H21O7S-. The van der Waals surface area contributed by atoms with E-state index in [1.54, 1.807) is 14.0 Å². The SMILES string of the molecule is COCCOCCOCCOc1cc(S(=O)(=O)[O-])ccc1C. The topological polar surface area (TPSA) is 94.1 Å². The molecule has 0 bridgehead atoms. The van der Waals surface area contributed by atoms with Gasteiger partial charge in [0.25, 0.3) is 0 Å². The van der Waals surface area contributed by atoms with Gasteiger partial charge in [0.2, 0.25) is 0 Å². The van der Waals surface area contributed by atoms with Crippen molar-refractivity contribution in [3.63, 3.8) is 0 Å². The van der Waals surface area contributed by atoms with Crippen LogP contribution in [0, 0.1) is 6.92 Å². The van der Waals surface area contributed by atoms with Crippen LogP contribution in [0.1, 0.15) is 5.56 Å². The highest BCUT2D eigenvalue weighted by Crippen LogP contribution is 2.22. The van der Waals surface area contributed by atoms with Crippen LogP contribution in [-0.4, -0.2) is 59.7 Å². The van der Waals surface area contributed by atoms with Crippen LogP contribution in [0.15, 0.2) is 23.1 Å². The highest BCUT2D eigenvalue weighted by atomic mass is 32.2. The zero-order valence-electron chi connectivity index (χ0n) is 12.7. The maximum Gasteiger partial charge on any atom is 0.124 e. The van der Waals surface area contributed by atoms with Gasteiger partial charge in [-0.3, -0.25) is 0 Å². The molecule has 0 amide bonds. The molecule has 0 atom stereocenters. The summed E-state index contributed by atoms with van der Waals surface area (Å²) < 4.78 is 53.7. The van der Waals surface area contributed by atoms with E-state index in [0.29, 0.717) is 38.8 Å². The summed E-state index contributed by atoms with van der Waals surface area (Å²) in [6, 6.07) is 4.02. The minimum absolute atomic E-state index is 0.251. The molecule has 0 unspecified atom stereocenters. The van der Waals surface area contributed by atoms with Crippen LogP contribution in [0.5, 0.6) is 5.75 Å². The summed E-state index contributed by atoms with van der Waals surface area (Å²) in [5.41, 5.74) is 0.746. The Hall–Kier alpha value is -1.19. The van der Waals surface area contributed by atoms with E-state index >= 15 is 0 Å².